The number of furan rings is 1. The minimum atomic E-state index is -0.675. The summed E-state index contributed by atoms with van der Waals surface area (Å²) in [4.78, 5) is 30.1. The molecule has 0 aliphatic carbocycles. The highest BCUT2D eigenvalue weighted by molar-refractivity contribution is 6.15. The summed E-state index contributed by atoms with van der Waals surface area (Å²) in [5.41, 5.74) is 0.803. The van der Waals surface area contributed by atoms with Crippen LogP contribution in [0.4, 0.5) is 0 Å². The van der Waals surface area contributed by atoms with Gasteiger partial charge in [0.15, 0.2) is 11.5 Å². The van der Waals surface area contributed by atoms with Crippen molar-refractivity contribution in [2.24, 2.45) is 0 Å². The molecule has 31 heavy (non-hydrogen) atoms. The first kappa shape index (κ1) is 21.2. The number of ketones is 1. The number of nitrogens with zero attached hydrogens (tertiary/aromatic N) is 2. The molecule has 0 bridgehead atoms. The molecule has 1 aromatic heterocycles. The van der Waals surface area contributed by atoms with E-state index in [-0.39, 0.29) is 11.3 Å². The van der Waals surface area contributed by atoms with E-state index >= 15 is 0 Å². The Labute approximate surface area is 181 Å². The Morgan fingerprint density at radius 3 is 2.52 bits per heavy atom. The van der Waals surface area contributed by atoms with Crippen LogP contribution in [0, 0.1) is 0 Å². The van der Waals surface area contributed by atoms with Gasteiger partial charge in [0, 0.05) is 13.1 Å². The largest absolute Gasteiger partial charge is 0.503 e. The van der Waals surface area contributed by atoms with Crippen LogP contribution < -0.4 is 4.74 Å². The predicted octanol–water partition coefficient (Wildman–Crippen LogP) is 3.74. The molecule has 1 amide bonds. The third-order valence-corrected chi connectivity index (χ3v) is 5.91. The Kier molecular flexibility index (Phi) is 6.42. The van der Waals surface area contributed by atoms with E-state index in [0.29, 0.717) is 25.4 Å². The van der Waals surface area contributed by atoms with Crippen LogP contribution in [0.25, 0.3) is 0 Å². The number of aliphatic hydroxyl groups is 1. The van der Waals surface area contributed by atoms with Crippen LogP contribution in [0.15, 0.2) is 58.4 Å². The van der Waals surface area contributed by atoms with E-state index in [1.165, 1.54) is 12.7 Å². The molecule has 1 saturated heterocycles. The van der Waals surface area contributed by atoms with Crippen LogP contribution in [0.2, 0.25) is 0 Å². The van der Waals surface area contributed by atoms with E-state index in [2.05, 4.69) is 4.90 Å². The lowest BCUT2D eigenvalue weighted by Crippen LogP contribution is -2.40. The van der Waals surface area contributed by atoms with Gasteiger partial charge in [0.1, 0.15) is 5.75 Å². The minimum Gasteiger partial charge on any atom is -0.503 e. The molecule has 7 nitrogen and oxygen atoms in total. The van der Waals surface area contributed by atoms with Gasteiger partial charge in [0.05, 0.1) is 24.5 Å². The summed E-state index contributed by atoms with van der Waals surface area (Å²) < 4.78 is 10.8. The van der Waals surface area contributed by atoms with Gasteiger partial charge in [-0.1, -0.05) is 18.6 Å². The molecule has 3 heterocycles. The van der Waals surface area contributed by atoms with Crippen molar-refractivity contribution in [3.8, 4) is 5.75 Å². The van der Waals surface area contributed by atoms with Gasteiger partial charge in [-0.15, -0.1) is 0 Å². The quantitative estimate of drug-likeness (QED) is 0.650. The molecule has 0 saturated carbocycles. The van der Waals surface area contributed by atoms with Gasteiger partial charge < -0.3 is 24.1 Å². The number of aliphatic hydroxyl groups excluding tert-OH is 1. The topological polar surface area (TPSA) is 83.2 Å². The van der Waals surface area contributed by atoms with E-state index in [1.807, 2.05) is 31.2 Å². The molecule has 2 aromatic rings. The first-order chi connectivity index (χ1) is 15.1. The van der Waals surface area contributed by atoms with Crippen molar-refractivity contribution in [3.63, 3.8) is 0 Å². The van der Waals surface area contributed by atoms with Gasteiger partial charge in [-0.25, -0.2) is 0 Å². The summed E-state index contributed by atoms with van der Waals surface area (Å²) >= 11 is 0. The molecule has 2 aliphatic heterocycles. The monoisotopic (exact) mass is 424 g/mol. The summed E-state index contributed by atoms with van der Waals surface area (Å²) in [5, 5.41) is 10.7. The van der Waals surface area contributed by atoms with Crippen LogP contribution in [-0.2, 0) is 4.79 Å². The fourth-order valence-corrected chi connectivity index (χ4v) is 4.35. The Hall–Kier alpha value is -3.06. The lowest BCUT2D eigenvalue weighted by molar-refractivity contribution is -0.129. The van der Waals surface area contributed by atoms with E-state index in [1.54, 1.807) is 17.0 Å². The molecule has 1 fully saturated rings. The highest BCUT2D eigenvalue weighted by Gasteiger charge is 2.44. The number of carbonyl (C=O) groups excluding carboxylic acids is 2. The van der Waals surface area contributed by atoms with E-state index in [0.717, 1.165) is 31.5 Å². The molecule has 164 valence electrons. The van der Waals surface area contributed by atoms with E-state index in [9.17, 15) is 14.7 Å². The number of amides is 1. The zero-order valence-electron chi connectivity index (χ0n) is 17.8. The molecule has 1 atom stereocenters. The third-order valence-electron chi connectivity index (χ3n) is 5.91. The first-order valence-electron chi connectivity index (χ1n) is 10.9. The fourth-order valence-electron chi connectivity index (χ4n) is 4.35. The van der Waals surface area contributed by atoms with Gasteiger partial charge in [-0.05, 0) is 62.7 Å². The summed E-state index contributed by atoms with van der Waals surface area (Å²) in [6.45, 7) is 5.60. The Balaban J connectivity index is 1.65. The molecule has 4 rings (SSSR count). The van der Waals surface area contributed by atoms with Crippen molar-refractivity contribution in [3.05, 3.63) is 65.3 Å². The van der Waals surface area contributed by atoms with Gasteiger partial charge in [-0.3, -0.25) is 9.59 Å². The number of likely N-dealkylation sites (tertiary alicyclic amines) is 1. The van der Waals surface area contributed by atoms with Crippen molar-refractivity contribution in [2.75, 3.05) is 32.8 Å². The maximum absolute atomic E-state index is 13.1. The summed E-state index contributed by atoms with van der Waals surface area (Å²) in [6, 6.07) is 9.79. The average Bonchev–Trinajstić information content (AvgIpc) is 3.41. The molecule has 0 radical (unpaired) electrons. The van der Waals surface area contributed by atoms with E-state index in [4.69, 9.17) is 9.15 Å². The molecule has 7 heteroatoms. The Morgan fingerprint density at radius 1 is 1.13 bits per heavy atom. The van der Waals surface area contributed by atoms with Crippen molar-refractivity contribution in [2.45, 2.75) is 32.2 Å². The normalized spacial score (nSPS) is 19.8. The maximum atomic E-state index is 13.1. The standard InChI is InChI=1S/C24H28N2O5/c1-2-30-18-10-8-17(9-11-18)21-20(22(27)19-7-6-16-31-19)23(28)24(29)26(21)15-14-25-12-4-3-5-13-25/h6-11,16,21,28H,2-5,12-15H2,1H3. The minimum absolute atomic E-state index is 0.0581. The zero-order valence-corrected chi connectivity index (χ0v) is 17.8. The van der Waals surface area contributed by atoms with Crippen molar-refractivity contribution in [1.29, 1.82) is 0 Å². The number of piperidine rings is 1. The Bertz CT molecular complexity index is 943. The van der Waals surface area contributed by atoms with Crippen LogP contribution in [0.5, 0.6) is 5.75 Å². The van der Waals surface area contributed by atoms with Gasteiger partial charge >= 0.3 is 0 Å². The van der Waals surface area contributed by atoms with Crippen LogP contribution in [0.3, 0.4) is 0 Å². The number of rotatable bonds is 8. The fraction of sp³-hybridized carbons (Fsp3) is 0.417. The number of hydrogen-bond donors (Lipinski definition) is 1. The van der Waals surface area contributed by atoms with Gasteiger partial charge in [-0.2, -0.15) is 0 Å². The molecule has 1 aromatic carbocycles. The molecule has 0 spiro atoms. The molecule has 1 N–H and O–H groups in total. The summed E-state index contributed by atoms with van der Waals surface area (Å²) in [7, 11) is 0. The second-order valence-corrected chi connectivity index (χ2v) is 7.87. The highest BCUT2D eigenvalue weighted by atomic mass is 16.5. The van der Waals surface area contributed by atoms with Crippen LogP contribution >= 0.6 is 0 Å². The first-order valence-corrected chi connectivity index (χ1v) is 10.9. The lowest BCUT2D eigenvalue weighted by Gasteiger charge is -2.31. The molecule has 1 unspecified atom stereocenters. The zero-order chi connectivity index (χ0) is 21.8. The van der Waals surface area contributed by atoms with Gasteiger partial charge in [0.2, 0.25) is 5.78 Å². The summed E-state index contributed by atoms with van der Waals surface area (Å²) in [6.07, 6.45) is 4.95. The number of hydrogen-bond acceptors (Lipinski definition) is 6. The average molecular weight is 424 g/mol. The Morgan fingerprint density at radius 2 is 1.87 bits per heavy atom. The second-order valence-electron chi connectivity index (χ2n) is 7.87. The smallest absolute Gasteiger partial charge is 0.290 e. The summed E-state index contributed by atoms with van der Waals surface area (Å²) in [5.74, 6) is -0.689. The van der Waals surface area contributed by atoms with Crippen LogP contribution in [0.1, 0.15) is 48.3 Å². The number of Topliss-reactive ketones (excluding diaryl/α,β-unsaturated/α-hetero) is 1. The van der Waals surface area contributed by atoms with Crippen LogP contribution in [-0.4, -0.2) is 59.4 Å². The van der Waals surface area contributed by atoms with Crippen molar-refractivity contribution in [1.82, 2.24) is 9.80 Å². The third kappa shape index (κ3) is 4.37. The molecular formula is C24H28N2O5. The molecule has 2 aliphatic rings. The maximum Gasteiger partial charge on any atom is 0.290 e. The molecular weight excluding hydrogens is 396 g/mol. The lowest BCUT2D eigenvalue weighted by atomic mass is 9.95. The van der Waals surface area contributed by atoms with Crippen molar-refractivity contribution >= 4 is 11.7 Å². The predicted molar refractivity (Wildman–Crippen MR) is 115 cm³/mol. The number of ether oxygens (including phenoxy) is 1. The SMILES string of the molecule is CCOc1ccc(C2C(C(=O)c3ccco3)=C(O)C(=O)N2CCN2CCCCC2)cc1. The highest BCUT2D eigenvalue weighted by Crippen LogP contribution is 2.39. The second kappa shape index (κ2) is 9.39. The number of benzene rings is 1. The van der Waals surface area contributed by atoms with Gasteiger partial charge in [0.25, 0.3) is 5.91 Å². The van der Waals surface area contributed by atoms with E-state index < -0.39 is 23.5 Å². The van der Waals surface area contributed by atoms with Crippen molar-refractivity contribution < 1.29 is 23.8 Å². The number of carbonyl (C=O) groups is 2.